The fourth-order valence-corrected chi connectivity index (χ4v) is 0.624. The van der Waals surface area contributed by atoms with E-state index in [2.05, 4.69) is 0 Å². The van der Waals surface area contributed by atoms with Crippen LogP contribution < -0.4 is 0 Å². The van der Waals surface area contributed by atoms with Gasteiger partial charge in [0.25, 0.3) is 0 Å². The molecule has 0 aliphatic heterocycles. The molecule has 0 aliphatic rings. The zero-order valence-electron chi connectivity index (χ0n) is 6.65. The van der Waals surface area contributed by atoms with Gasteiger partial charge in [-0.15, -0.1) is 0 Å². The third-order valence-electron chi connectivity index (χ3n) is 1.29. The molecule has 66 valence electrons. The van der Waals surface area contributed by atoms with E-state index in [0.29, 0.717) is 13.1 Å². The lowest BCUT2D eigenvalue weighted by atomic mass is 10.5. The van der Waals surface area contributed by atoms with E-state index in [9.17, 15) is 13.2 Å². The van der Waals surface area contributed by atoms with Crippen LogP contribution in [0.1, 0.15) is 13.8 Å². The summed E-state index contributed by atoms with van der Waals surface area (Å²) in [4.78, 5) is 1.58. The quantitative estimate of drug-likeness (QED) is 0.623. The fourth-order valence-electron chi connectivity index (χ4n) is 0.624. The maximum Gasteiger partial charge on any atom is 0.411 e. The van der Waals surface area contributed by atoms with E-state index in [0.717, 1.165) is 6.20 Å². The fraction of sp³-hybridized carbons (Fsp3) is 0.714. The molecule has 0 N–H and O–H groups in total. The maximum atomic E-state index is 11.6. The molecule has 4 heteroatoms. The third-order valence-corrected chi connectivity index (χ3v) is 1.29. The molecule has 0 spiro atoms. The van der Waals surface area contributed by atoms with Gasteiger partial charge in [-0.05, 0) is 13.8 Å². The summed E-state index contributed by atoms with van der Waals surface area (Å²) in [7, 11) is 0. The molecule has 0 amide bonds. The topological polar surface area (TPSA) is 3.24 Å². The number of halogens is 3. The van der Waals surface area contributed by atoms with Gasteiger partial charge < -0.3 is 4.90 Å². The van der Waals surface area contributed by atoms with Gasteiger partial charge in [0.15, 0.2) is 0 Å². The maximum absolute atomic E-state index is 11.6. The van der Waals surface area contributed by atoms with Crippen LogP contribution in [0, 0.1) is 0 Å². The first-order valence-corrected chi connectivity index (χ1v) is 3.49. The van der Waals surface area contributed by atoms with Crippen molar-refractivity contribution in [3.63, 3.8) is 0 Å². The van der Waals surface area contributed by atoms with E-state index < -0.39 is 6.18 Å². The standard InChI is InChI=1S/C7H12F3N/c1-3-11(4-2)6-5-7(8,9)10/h5-6H,3-4H2,1-2H3. The van der Waals surface area contributed by atoms with E-state index in [1.54, 1.807) is 4.90 Å². The Morgan fingerprint density at radius 1 is 1.18 bits per heavy atom. The first kappa shape index (κ1) is 10.3. The second-order valence-corrected chi connectivity index (χ2v) is 2.08. The number of hydrogen-bond acceptors (Lipinski definition) is 1. The molecule has 0 saturated carbocycles. The van der Waals surface area contributed by atoms with Crippen molar-refractivity contribution in [3.05, 3.63) is 12.3 Å². The zero-order chi connectivity index (χ0) is 8.91. The lowest BCUT2D eigenvalue weighted by Crippen LogP contribution is -2.16. The average molecular weight is 167 g/mol. The summed E-state index contributed by atoms with van der Waals surface area (Å²) in [5.74, 6) is 0. The number of rotatable bonds is 3. The molecule has 0 aromatic carbocycles. The van der Waals surface area contributed by atoms with Crippen LogP contribution in [-0.4, -0.2) is 24.2 Å². The Kier molecular flexibility index (Phi) is 4.00. The molecule has 0 atom stereocenters. The van der Waals surface area contributed by atoms with Crippen molar-refractivity contribution < 1.29 is 13.2 Å². The highest BCUT2D eigenvalue weighted by atomic mass is 19.4. The Hall–Kier alpha value is -0.670. The van der Waals surface area contributed by atoms with Gasteiger partial charge in [-0.1, -0.05) is 0 Å². The molecule has 0 aromatic heterocycles. The zero-order valence-corrected chi connectivity index (χ0v) is 6.65. The monoisotopic (exact) mass is 167 g/mol. The van der Waals surface area contributed by atoms with Crippen molar-refractivity contribution in [2.24, 2.45) is 0 Å². The summed E-state index contributed by atoms with van der Waals surface area (Å²) < 4.78 is 34.7. The molecule has 0 aromatic rings. The number of hydrogen-bond donors (Lipinski definition) is 0. The normalized spacial score (nSPS) is 12.5. The molecule has 0 rings (SSSR count). The molecule has 0 unspecified atom stereocenters. The van der Waals surface area contributed by atoms with Crippen molar-refractivity contribution in [3.8, 4) is 0 Å². The van der Waals surface area contributed by atoms with E-state index in [4.69, 9.17) is 0 Å². The SMILES string of the molecule is CCN(C=CC(F)(F)F)CC. The number of allylic oxidation sites excluding steroid dienone is 1. The van der Waals surface area contributed by atoms with Gasteiger partial charge >= 0.3 is 6.18 Å². The molecule has 1 nitrogen and oxygen atoms in total. The summed E-state index contributed by atoms with van der Waals surface area (Å²) in [5.41, 5.74) is 0. The van der Waals surface area contributed by atoms with Crippen LogP contribution in [0.3, 0.4) is 0 Å². The molecular formula is C7H12F3N. The highest BCUT2D eigenvalue weighted by molar-refractivity contribution is 4.87. The first-order valence-electron chi connectivity index (χ1n) is 3.49. The minimum absolute atomic E-state index is 0.250. The summed E-state index contributed by atoms with van der Waals surface area (Å²) in [6, 6.07) is 0. The highest BCUT2D eigenvalue weighted by Crippen LogP contribution is 2.16. The molecule has 0 aliphatic carbocycles. The van der Waals surface area contributed by atoms with Crippen LogP contribution in [0.5, 0.6) is 0 Å². The summed E-state index contributed by atoms with van der Waals surface area (Å²) in [6.45, 7) is 4.82. The van der Waals surface area contributed by atoms with Gasteiger partial charge in [-0.25, -0.2) is 0 Å². The van der Waals surface area contributed by atoms with Crippen LogP contribution in [0.2, 0.25) is 0 Å². The van der Waals surface area contributed by atoms with Gasteiger partial charge in [0, 0.05) is 25.4 Å². The Morgan fingerprint density at radius 3 is 1.91 bits per heavy atom. The highest BCUT2D eigenvalue weighted by Gasteiger charge is 2.22. The Labute approximate surface area is 64.5 Å². The number of nitrogens with zero attached hydrogens (tertiary/aromatic N) is 1. The van der Waals surface area contributed by atoms with Crippen LogP contribution in [0.15, 0.2) is 12.3 Å². The van der Waals surface area contributed by atoms with Gasteiger partial charge in [0.1, 0.15) is 0 Å². The van der Waals surface area contributed by atoms with Gasteiger partial charge in [0.05, 0.1) is 0 Å². The molecule has 0 radical (unpaired) electrons. The van der Waals surface area contributed by atoms with Crippen LogP contribution >= 0.6 is 0 Å². The van der Waals surface area contributed by atoms with Crippen LogP contribution in [0.4, 0.5) is 13.2 Å². The van der Waals surface area contributed by atoms with E-state index in [1.807, 2.05) is 13.8 Å². The Bertz CT molecular complexity index is 124. The second-order valence-electron chi connectivity index (χ2n) is 2.08. The lowest BCUT2D eigenvalue weighted by molar-refractivity contribution is -0.0807. The minimum atomic E-state index is -4.19. The molecule has 0 saturated heterocycles. The molecule has 11 heavy (non-hydrogen) atoms. The average Bonchev–Trinajstić information content (AvgIpc) is 1.88. The van der Waals surface area contributed by atoms with Gasteiger partial charge in [0.2, 0.25) is 0 Å². The van der Waals surface area contributed by atoms with Crippen LogP contribution in [-0.2, 0) is 0 Å². The largest absolute Gasteiger partial charge is 0.411 e. The van der Waals surface area contributed by atoms with E-state index in [1.165, 1.54) is 0 Å². The Morgan fingerprint density at radius 2 is 1.64 bits per heavy atom. The van der Waals surface area contributed by atoms with Gasteiger partial charge in [-0.3, -0.25) is 0 Å². The lowest BCUT2D eigenvalue weighted by Gasteiger charge is -2.14. The van der Waals surface area contributed by atoms with Crippen molar-refractivity contribution in [2.45, 2.75) is 20.0 Å². The summed E-state index contributed by atoms with van der Waals surface area (Å²) in [5, 5.41) is 0. The van der Waals surface area contributed by atoms with Crippen LogP contribution in [0.25, 0.3) is 0 Å². The van der Waals surface area contributed by atoms with Crippen molar-refractivity contribution in [1.82, 2.24) is 4.90 Å². The summed E-state index contributed by atoms with van der Waals surface area (Å²) >= 11 is 0. The summed E-state index contributed by atoms with van der Waals surface area (Å²) in [6.07, 6.45) is -2.87. The predicted octanol–water partition coefficient (Wildman–Crippen LogP) is 2.40. The van der Waals surface area contributed by atoms with Crippen molar-refractivity contribution in [2.75, 3.05) is 13.1 Å². The van der Waals surface area contributed by atoms with E-state index in [-0.39, 0.29) is 6.08 Å². The smallest absolute Gasteiger partial charge is 0.378 e. The van der Waals surface area contributed by atoms with Crippen molar-refractivity contribution in [1.29, 1.82) is 0 Å². The minimum Gasteiger partial charge on any atom is -0.378 e. The predicted molar refractivity (Wildman–Crippen MR) is 38.1 cm³/mol. The van der Waals surface area contributed by atoms with E-state index >= 15 is 0 Å². The van der Waals surface area contributed by atoms with Gasteiger partial charge in [-0.2, -0.15) is 13.2 Å². The Balaban J connectivity index is 3.89. The molecule has 0 fully saturated rings. The molecular weight excluding hydrogens is 155 g/mol. The number of alkyl halides is 3. The van der Waals surface area contributed by atoms with Crippen molar-refractivity contribution >= 4 is 0 Å². The first-order chi connectivity index (χ1) is 4.99. The molecule has 0 bridgehead atoms. The molecule has 0 heterocycles. The third kappa shape index (κ3) is 5.76. The second kappa shape index (κ2) is 4.26.